The summed E-state index contributed by atoms with van der Waals surface area (Å²) >= 11 is 6.14. The van der Waals surface area contributed by atoms with Gasteiger partial charge in [-0.15, -0.1) is 0 Å². The lowest BCUT2D eigenvalue weighted by Gasteiger charge is -2.43. The first kappa shape index (κ1) is 26.4. The van der Waals surface area contributed by atoms with Crippen molar-refractivity contribution in [2.75, 3.05) is 31.7 Å². The van der Waals surface area contributed by atoms with Crippen LogP contribution < -0.4 is 4.90 Å². The van der Waals surface area contributed by atoms with Crippen LogP contribution in [-0.4, -0.2) is 77.7 Å². The Morgan fingerprint density at radius 2 is 1.81 bits per heavy atom. The van der Waals surface area contributed by atoms with Crippen LogP contribution >= 0.6 is 11.6 Å². The lowest BCUT2D eigenvalue weighted by Crippen LogP contribution is -2.58. The molecule has 0 aliphatic carbocycles. The fraction of sp³-hybridized carbons (Fsp3) is 0.520. The molecular weight excluding hydrogens is 496 g/mol. The highest BCUT2D eigenvalue weighted by atomic mass is 35.5. The van der Waals surface area contributed by atoms with Crippen molar-refractivity contribution in [3.05, 3.63) is 35.5 Å². The van der Waals surface area contributed by atoms with Gasteiger partial charge in [0.05, 0.1) is 13.3 Å². The third kappa shape index (κ3) is 5.82. The van der Waals surface area contributed by atoms with Gasteiger partial charge >= 0.3 is 6.09 Å². The average Bonchev–Trinajstić information content (AvgIpc) is 3.18. The van der Waals surface area contributed by atoms with Crippen molar-refractivity contribution < 1.29 is 14.3 Å². The van der Waals surface area contributed by atoms with Crippen LogP contribution in [0.25, 0.3) is 22.3 Å². The molecule has 0 saturated carbocycles. The minimum Gasteiger partial charge on any atom is -0.453 e. The molecule has 2 atom stereocenters. The summed E-state index contributed by atoms with van der Waals surface area (Å²) in [6.07, 6.45) is 1.50. The third-order valence-electron chi connectivity index (χ3n) is 6.39. The lowest BCUT2D eigenvalue weighted by atomic mass is 10.1. The number of methoxy groups -OCH3 is 1. The number of nitrogens with zero attached hydrogens (tertiary/aromatic N) is 6. The van der Waals surface area contributed by atoms with Crippen LogP contribution in [0.4, 0.5) is 10.7 Å². The van der Waals surface area contributed by atoms with Gasteiger partial charge in [-0.25, -0.2) is 19.4 Å². The number of carbonyl (C=O) groups is 1. The van der Waals surface area contributed by atoms with Gasteiger partial charge in [0, 0.05) is 50.4 Å². The number of hydrogen-bond donors (Lipinski definition) is 0. The predicted octanol–water partition coefficient (Wildman–Crippen LogP) is 5.12. The van der Waals surface area contributed by atoms with Gasteiger partial charge in [0.15, 0.2) is 0 Å². The van der Waals surface area contributed by atoms with E-state index < -0.39 is 8.07 Å². The van der Waals surface area contributed by atoms with E-state index in [1.165, 1.54) is 7.11 Å². The Morgan fingerprint density at radius 1 is 1.14 bits per heavy atom. The zero-order valence-corrected chi connectivity index (χ0v) is 23.6. The van der Waals surface area contributed by atoms with Crippen molar-refractivity contribution in [3.63, 3.8) is 0 Å². The van der Waals surface area contributed by atoms with Crippen LogP contribution in [0, 0.1) is 0 Å². The molecule has 9 nitrogen and oxygen atoms in total. The van der Waals surface area contributed by atoms with Crippen molar-refractivity contribution in [2.24, 2.45) is 0 Å². The van der Waals surface area contributed by atoms with Gasteiger partial charge in [0.25, 0.3) is 0 Å². The topological polar surface area (TPSA) is 85.6 Å². The van der Waals surface area contributed by atoms with E-state index in [1.54, 1.807) is 4.90 Å². The number of ether oxygens (including phenoxy) is 2. The number of rotatable bonds is 7. The molecule has 4 rings (SSSR count). The summed E-state index contributed by atoms with van der Waals surface area (Å²) in [6, 6.07) is 8.72. The standard InChI is InChI=1S/C25H35ClN6O3Si/c1-17-14-30(25(33)34-3)15-18(2)32(17)24-27-13-21-23(28-24)22(19-7-9-20(26)10-8-19)29-31(21)16-35-11-12-36(4,5)6/h7-10,13,17-18H,11-12,14-16H2,1-6H3/t17-,18+. The number of halogens is 1. The second-order valence-electron chi connectivity index (χ2n) is 10.6. The van der Waals surface area contributed by atoms with Gasteiger partial charge < -0.3 is 19.3 Å². The molecule has 3 heterocycles. The highest BCUT2D eigenvalue weighted by Crippen LogP contribution is 2.30. The molecule has 0 spiro atoms. The molecule has 1 fully saturated rings. The molecule has 0 bridgehead atoms. The monoisotopic (exact) mass is 530 g/mol. The number of benzene rings is 1. The molecule has 2 aromatic heterocycles. The summed E-state index contributed by atoms with van der Waals surface area (Å²) < 4.78 is 12.8. The fourth-order valence-electron chi connectivity index (χ4n) is 4.50. The Labute approximate surface area is 218 Å². The number of amides is 1. The summed E-state index contributed by atoms with van der Waals surface area (Å²) in [4.78, 5) is 25.7. The summed E-state index contributed by atoms with van der Waals surface area (Å²) in [7, 11) is 0.222. The van der Waals surface area contributed by atoms with Crippen molar-refractivity contribution in [2.45, 2.75) is 58.3 Å². The van der Waals surface area contributed by atoms with E-state index in [1.807, 2.05) is 35.1 Å². The summed E-state index contributed by atoms with van der Waals surface area (Å²) in [5.74, 6) is 0.612. The molecule has 1 aliphatic rings. The number of fused-ring (bicyclic) bond motifs is 1. The van der Waals surface area contributed by atoms with Crippen LogP contribution in [0.2, 0.25) is 30.7 Å². The maximum absolute atomic E-state index is 12.1. The predicted molar refractivity (Wildman–Crippen MR) is 145 cm³/mol. The molecule has 1 saturated heterocycles. The molecular formula is C25H35ClN6O3Si. The van der Waals surface area contributed by atoms with Crippen LogP contribution in [0.5, 0.6) is 0 Å². The largest absolute Gasteiger partial charge is 0.453 e. The van der Waals surface area contributed by atoms with Crippen LogP contribution in [0.3, 0.4) is 0 Å². The Hall–Kier alpha value is -2.69. The molecule has 1 aromatic carbocycles. The smallest absolute Gasteiger partial charge is 0.409 e. The van der Waals surface area contributed by atoms with E-state index >= 15 is 0 Å². The second kappa shape index (κ2) is 10.7. The second-order valence-corrected chi connectivity index (χ2v) is 16.6. The molecule has 1 amide bonds. The molecule has 3 aromatic rings. The molecule has 0 N–H and O–H groups in total. The van der Waals surface area contributed by atoms with Gasteiger partial charge in [0.2, 0.25) is 5.95 Å². The minimum absolute atomic E-state index is 0.0178. The number of piperazine rings is 1. The quantitative estimate of drug-likeness (QED) is 0.309. The zero-order chi connectivity index (χ0) is 26.0. The maximum Gasteiger partial charge on any atom is 0.409 e. The van der Waals surface area contributed by atoms with Crippen molar-refractivity contribution in [1.82, 2.24) is 24.6 Å². The van der Waals surface area contributed by atoms with E-state index in [9.17, 15) is 4.79 Å². The van der Waals surface area contributed by atoms with Gasteiger partial charge in [-0.3, -0.25) is 0 Å². The van der Waals surface area contributed by atoms with Gasteiger partial charge in [-0.05, 0) is 32.0 Å². The minimum atomic E-state index is -1.19. The normalized spacial score (nSPS) is 18.6. The molecule has 1 aliphatic heterocycles. The van der Waals surface area contributed by atoms with E-state index in [-0.39, 0.29) is 18.2 Å². The maximum atomic E-state index is 12.1. The number of carbonyl (C=O) groups excluding carboxylic acids is 1. The lowest BCUT2D eigenvalue weighted by molar-refractivity contribution is 0.0818. The number of aromatic nitrogens is 4. The highest BCUT2D eigenvalue weighted by Gasteiger charge is 2.34. The number of anilines is 1. The van der Waals surface area contributed by atoms with Crippen LogP contribution in [0.1, 0.15) is 13.8 Å². The number of hydrogen-bond acceptors (Lipinski definition) is 7. The third-order valence-corrected chi connectivity index (χ3v) is 8.35. The highest BCUT2D eigenvalue weighted by molar-refractivity contribution is 6.76. The van der Waals surface area contributed by atoms with Crippen molar-refractivity contribution in [3.8, 4) is 11.3 Å². The Morgan fingerprint density at radius 3 is 2.42 bits per heavy atom. The average molecular weight is 531 g/mol. The van der Waals surface area contributed by atoms with Crippen molar-refractivity contribution >= 4 is 42.7 Å². The summed E-state index contributed by atoms with van der Waals surface area (Å²) in [5, 5.41) is 5.53. The fourth-order valence-corrected chi connectivity index (χ4v) is 5.38. The molecule has 11 heteroatoms. The van der Waals surface area contributed by atoms with Crippen LogP contribution in [0.15, 0.2) is 30.5 Å². The molecule has 0 radical (unpaired) electrons. The van der Waals surface area contributed by atoms with Gasteiger partial charge in [-0.1, -0.05) is 43.4 Å². The van der Waals surface area contributed by atoms with Gasteiger partial charge in [0.1, 0.15) is 23.5 Å². The Bertz CT molecular complexity index is 1200. The van der Waals surface area contributed by atoms with E-state index in [2.05, 4.69) is 38.4 Å². The zero-order valence-electron chi connectivity index (χ0n) is 21.9. The van der Waals surface area contributed by atoms with Crippen molar-refractivity contribution in [1.29, 1.82) is 0 Å². The molecule has 36 heavy (non-hydrogen) atoms. The SMILES string of the molecule is COC(=O)N1C[C@@H](C)N(c2ncc3c(n2)c(-c2ccc(Cl)cc2)nn3COCC[Si](C)(C)C)[C@@H](C)C1. The van der Waals surface area contributed by atoms with Crippen LogP contribution in [-0.2, 0) is 16.2 Å². The van der Waals surface area contributed by atoms with E-state index in [0.29, 0.717) is 37.4 Å². The Balaban J connectivity index is 1.67. The van der Waals surface area contributed by atoms with E-state index in [0.717, 1.165) is 28.3 Å². The molecule has 0 unspecified atom stereocenters. The van der Waals surface area contributed by atoms with Gasteiger partial charge in [-0.2, -0.15) is 5.10 Å². The molecule has 194 valence electrons. The summed E-state index contributed by atoms with van der Waals surface area (Å²) in [6.45, 7) is 13.2. The first-order valence-electron chi connectivity index (χ1n) is 12.3. The van der Waals surface area contributed by atoms with E-state index in [4.69, 9.17) is 36.1 Å². The Kier molecular flexibility index (Phi) is 7.87. The first-order valence-corrected chi connectivity index (χ1v) is 16.3. The first-order chi connectivity index (χ1) is 17.1. The summed E-state index contributed by atoms with van der Waals surface area (Å²) in [5.41, 5.74) is 3.25.